The van der Waals surface area contributed by atoms with Crippen molar-refractivity contribution in [3.05, 3.63) is 36.5 Å². The van der Waals surface area contributed by atoms with Crippen LogP contribution in [0.5, 0.6) is 5.88 Å². The van der Waals surface area contributed by atoms with Crippen molar-refractivity contribution in [3.8, 4) is 5.88 Å². The number of rotatable bonds is 2. The van der Waals surface area contributed by atoms with Gasteiger partial charge in [0.05, 0.1) is 13.2 Å². The summed E-state index contributed by atoms with van der Waals surface area (Å²) in [4.78, 5) is 4.24. The number of benzene rings is 1. The SMILES string of the molecule is c1ccc2c(O[C@H]3COCCO3)nccc2c1. The van der Waals surface area contributed by atoms with Gasteiger partial charge < -0.3 is 14.2 Å². The van der Waals surface area contributed by atoms with Gasteiger partial charge in [0.15, 0.2) is 0 Å². The van der Waals surface area contributed by atoms with E-state index in [0.29, 0.717) is 25.7 Å². The number of fused-ring (bicyclic) bond motifs is 1. The maximum absolute atomic E-state index is 5.71. The number of hydrogen-bond acceptors (Lipinski definition) is 4. The maximum Gasteiger partial charge on any atom is 0.225 e. The normalized spacial score (nSPS) is 20.4. The van der Waals surface area contributed by atoms with Gasteiger partial charge >= 0.3 is 0 Å². The van der Waals surface area contributed by atoms with Crippen LogP contribution in [0.1, 0.15) is 0 Å². The zero-order valence-electron chi connectivity index (χ0n) is 9.33. The highest BCUT2D eigenvalue weighted by Gasteiger charge is 2.17. The molecule has 1 aromatic heterocycles. The molecule has 1 aliphatic heterocycles. The lowest BCUT2D eigenvalue weighted by Crippen LogP contribution is -2.33. The molecule has 4 heteroatoms. The van der Waals surface area contributed by atoms with Gasteiger partial charge in [-0.3, -0.25) is 0 Å². The first kappa shape index (κ1) is 10.5. The standard InChI is InChI=1S/C13H13NO3/c1-2-4-11-10(3-1)5-6-14-13(11)17-12-9-15-7-8-16-12/h1-6,12H,7-9H2/t12-/m0/s1. The van der Waals surface area contributed by atoms with Gasteiger partial charge in [-0.2, -0.15) is 0 Å². The Bertz CT molecular complexity index is 503. The van der Waals surface area contributed by atoms with E-state index in [1.54, 1.807) is 6.20 Å². The van der Waals surface area contributed by atoms with Crippen LogP contribution >= 0.6 is 0 Å². The molecule has 0 aliphatic carbocycles. The van der Waals surface area contributed by atoms with Crippen LogP contribution in [0.4, 0.5) is 0 Å². The Balaban J connectivity index is 1.89. The highest BCUT2D eigenvalue weighted by molar-refractivity contribution is 5.86. The van der Waals surface area contributed by atoms with E-state index < -0.39 is 0 Å². The van der Waals surface area contributed by atoms with E-state index in [1.165, 1.54) is 0 Å². The zero-order chi connectivity index (χ0) is 11.5. The van der Waals surface area contributed by atoms with Gasteiger partial charge in [0, 0.05) is 11.6 Å². The third-order valence-corrected chi connectivity index (χ3v) is 2.67. The van der Waals surface area contributed by atoms with E-state index in [2.05, 4.69) is 4.98 Å². The molecule has 1 fully saturated rings. The molecule has 17 heavy (non-hydrogen) atoms. The Morgan fingerprint density at radius 2 is 2.12 bits per heavy atom. The van der Waals surface area contributed by atoms with Crippen LogP contribution in [0.25, 0.3) is 10.8 Å². The minimum atomic E-state index is -0.359. The fourth-order valence-electron chi connectivity index (χ4n) is 1.84. The van der Waals surface area contributed by atoms with Gasteiger partial charge in [0.2, 0.25) is 12.2 Å². The van der Waals surface area contributed by atoms with E-state index >= 15 is 0 Å². The first-order valence-electron chi connectivity index (χ1n) is 5.63. The molecule has 0 spiro atoms. The van der Waals surface area contributed by atoms with Gasteiger partial charge in [-0.15, -0.1) is 0 Å². The molecule has 1 aliphatic rings. The third-order valence-electron chi connectivity index (χ3n) is 2.67. The number of ether oxygens (including phenoxy) is 3. The molecule has 1 aromatic carbocycles. The van der Waals surface area contributed by atoms with E-state index in [1.807, 2.05) is 30.3 Å². The lowest BCUT2D eigenvalue weighted by molar-refractivity contribution is -0.171. The van der Waals surface area contributed by atoms with Crippen LogP contribution < -0.4 is 4.74 Å². The average Bonchev–Trinajstić information content (AvgIpc) is 2.40. The minimum Gasteiger partial charge on any atom is -0.445 e. The zero-order valence-corrected chi connectivity index (χ0v) is 9.33. The average molecular weight is 231 g/mol. The Morgan fingerprint density at radius 3 is 3.00 bits per heavy atom. The minimum absolute atomic E-state index is 0.359. The predicted molar refractivity (Wildman–Crippen MR) is 62.9 cm³/mol. The molecular formula is C13H13NO3. The smallest absolute Gasteiger partial charge is 0.225 e. The molecular weight excluding hydrogens is 218 g/mol. The molecule has 2 aromatic rings. The van der Waals surface area contributed by atoms with Crippen molar-refractivity contribution in [1.29, 1.82) is 0 Å². The fourth-order valence-corrected chi connectivity index (χ4v) is 1.84. The monoisotopic (exact) mass is 231 g/mol. The molecule has 2 heterocycles. The second-order valence-electron chi connectivity index (χ2n) is 3.83. The summed E-state index contributed by atoms with van der Waals surface area (Å²) in [6.45, 7) is 1.64. The first-order valence-corrected chi connectivity index (χ1v) is 5.63. The van der Waals surface area contributed by atoms with Gasteiger partial charge in [-0.25, -0.2) is 4.98 Å². The molecule has 1 atom stereocenters. The van der Waals surface area contributed by atoms with E-state index in [0.717, 1.165) is 10.8 Å². The quantitative estimate of drug-likeness (QED) is 0.792. The molecule has 0 amide bonds. The summed E-state index contributed by atoms with van der Waals surface area (Å²) in [6, 6.07) is 9.94. The lowest BCUT2D eigenvalue weighted by Gasteiger charge is -2.23. The molecule has 88 valence electrons. The van der Waals surface area contributed by atoms with Crippen LogP contribution in [0.15, 0.2) is 36.5 Å². The van der Waals surface area contributed by atoms with Gasteiger partial charge in [-0.1, -0.05) is 18.2 Å². The first-order chi connectivity index (χ1) is 8.43. The number of nitrogens with zero attached hydrogens (tertiary/aromatic N) is 1. The van der Waals surface area contributed by atoms with Gasteiger partial charge in [-0.05, 0) is 17.5 Å². The van der Waals surface area contributed by atoms with Crippen molar-refractivity contribution in [1.82, 2.24) is 4.98 Å². The van der Waals surface area contributed by atoms with Crippen LogP contribution in [0, 0.1) is 0 Å². The Labute approximate surface area is 99.1 Å². The fraction of sp³-hybridized carbons (Fsp3) is 0.308. The summed E-state index contributed by atoms with van der Waals surface area (Å²) in [7, 11) is 0. The lowest BCUT2D eigenvalue weighted by atomic mass is 10.2. The van der Waals surface area contributed by atoms with Crippen LogP contribution in [-0.4, -0.2) is 31.1 Å². The summed E-state index contributed by atoms with van der Waals surface area (Å²) in [5.41, 5.74) is 0. The topological polar surface area (TPSA) is 40.6 Å². The van der Waals surface area contributed by atoms with Crippen LogP contribution in [-0.2, 0) is 9.47 Å². The predicted octanol–water partition coefficient (Wildman–Crippen LogP) is 1.99. The van der Waals surface area contributed by atoms with E-state index in [-0.39, 0.29) is 6.29 Å². The Morgan fingerprint density at radius 1 is 1.18 bits per heavy atom. The summed E-state index contributed by atoms with van der Waals surface area (Å²) < 4.78 is 16.4. The molecule has 3 rings (SSSR count). The second kappa shape index (κ2) is 4.69. The summed E-state index contributed by atoms with van der Waals surface area (Å²) >= 11 is 0. The number of aromatic nitrogens is 1. The number of hydrogen-bond donors (Lipinski definition) is 0. The van der Waals surface area contributed by atoms with E-state index in [9.17, 15) is 0 Å². The van der Waals surface area contributed by atoms with Crippen molar-refractivity contribution in [3.63, 3.8) is 0 Å². The molecule has 0 bridgehead atoms. The summed E-state index contributed by atoms with van der Waals surface area (Å²) in [5.74, 6) is 0.596. The maximum atomic E-state index is 5.71. The van der Waals surface area contributed by atoms with Crippen molar-refractivity contribution in [2.45, 2.75) is 6.29 Å². The van der Waals surface area contributed by atoms with Gasteiger partial charge in [0.1, 0.15) is 6.61 Å². The van der Waals surface area contributed by atoms with Crippen molar-refractivity contribution in [2.75, 3.05) is 19.8 Å². The molecule has 0 N–H and O–H groups in total. The largest absolute Gasteiger partial charge is 0.445 e. The van der Waals surface area contributed by atoms with Crippen LogP contribution in [0.3, 0.4) is 0 Å². The number of pyridine rings is 1. The Hall–Kier alpha value is -1.65. The highest BCUT2D eigenvalue weighted by Crippen LogP contribution is 2.23. The van der Waals surface area contributed by atoms with Crippen LogP contribution in [0.2, 0.25) is 0 Å². The van der Waals surface area contributed by atoms with Crippen molar-refractivity contribution < 1.29 is 14.2 Å². The van der Waals surface area contributed by atoms with Gasteiger partial charge in [0.25, 0.3) is 0 Å². The second-order valence-corrected chi connectivity index (χ2v) is 3.83. The molecule has 0 saturated carbocycles. The molecule has 1 saturated heterocycles. The van der Waals surface area contributed by atoms with Crippen molar-refractivity contribution >= 4 is 10.8 Å². The molecule has 0 radical (unpaired) electrons. The molecule has 4 nitrogen and oxygen atoms in total. The third kappa shape index (κ3) is 2.23. The summed E-state index contributed by atoms with van der Waals surface area (Å²) in [6.07, 6.45) is 1.38. The Kier molecular flexibility index (Phi) is 2.90. The molecule has 0 unspecified atom stereocenters. The summed E-state index contributed by atoms with van der Waals surface area (Å²) in [5, 5.41) is 2.10. The van der Waals surface area contributed by atoms with Crippen molar-refractivity contribution in [2.24, 2.45) is 0 Å². The highest BCUT2D eigenvalue weighted by atomic mass is 16.7. The van der Waals surface area contributed by atoms with E-state index in [4.69, 9.17) is 14.2 Å².